The summed E-state index contributed by atoms with van der Waals surface area (Å²) in [5.41, 5.74) is -0.846. The molecule has 0 bridgehead atoms. The smallest absolute Gasteiger partial charge is 0.407 e. The van der Waals surface area contributed by atoms with Crippen molar-refractivity contribution < 1.29 is 57.6 Å². The normalized spacial score (nSPS) is 27.2. The fourth-order valence-electron chi connectivity index (χ4n) is 12.0. The van der Waals surface area contributed by atoms with Crippen LogP contribution in [-0.2, 0) is 54.1 Å². The largest absolute Gasteiger partial charge is 0.443 e. The van der Waals surface area contributed by atoms with Crippen LogP contribution >= 0.6 is 0 Å². The predicted octanol–water partition coefficient (Wildman–Crippen LogP) is 5.31. The van der Waals surface area contributed by atoms with Gasteiger partial charge in [0.25, 0.3) is 0 Å². The van der Waals surface area contributed by atoms with Crippen molar-refractivity contribution in [1.29, 1.82) is 0 Å². The van der Waals surface area contributed by atoms with Crippen molar-refractivity contribution in [2.24, 2.45) is 34.5 Å². The molecule has 2 aliphatic carbocycles. The fraction of sp³-hybridized carbons (Fsp3) is 0.746. The lowest BCUT2D eigenvalue weighted by atomic mass is 9.64. The number of aliphatic hydroxyl groups excluding tert-OH is 1. The molecule has 19 nitrogen and oxygen atoms in total. The Hall–Kier alpha value is -5.11. The molecule has 2 aliphatic heterocycles. The summed E-state index contributed by atoms with van der Waals surface area (Å²) >= 11 is 0. The van der Waals surface area contributed by atoms with Crippen molar-refractivity contribution in [3.05, 3.63) is 47.5 Å². The van der Waals surface area contributed by atoms with E-state index in [1.807, 2.05) is 78.8 Å². The minimum atomic E-state index is -1.14. The van der Waals surface area contributed by atoms with Gasteiger partial charge < -0.3 is 61.3 Å². The molecule has 0 radical (unpaired) electrons. The minimum Gasteiger partial charge on any atom is -0.443 e. The van der Waals surface area contributed by atoms with Gasteiger partial charge in [-0.2, -0.15) is 0 Å². The van der Waals surface area contributed by atoms with Crippen LogP contribution in [0, 0.1) is 34.5 Å². The van der Waals surface area contributed by atoms with Crippen molar-refractivity contribution in [2.75, 3.05) is 33.4 Å². The highest BCUT2D eigenvalue weighted by atomic mass is 16.6. The molecule has 438 valence electrons. The van der Waals surface area contributed by atoms with Crippen molar-refractivity contribution >= 4 is 41.5 Å². The molecule has 78 heavy (non-hydrogen) atoms. The number of aliphatic hydroxyl groups is 1. The van der Waals surface area contributed by atoms with Crippen LogP contribution in [0.2, 0.25) is 0 Å². The number of hydrogen-bond donors (Lipinski definition) is 8. The zero-order valence-electron chi connectivity index (χ0n) is 48.9. The van der Waals surface area contributed by atoms with E-state index >= 15 is 0 Å². The van der Waals surface area contributed by atoms with Crippen LogP contribution in [-0.4, -0.2) is 140 Å². The summed E-state index contributed by atoms with van der Waals surface area (Å²) in [6.45, 7) is 23.0. The third kappa shape index (κ3) is 17.7. The summed E-state index contributed by atoms with van der Waals surface area (Å²) in [7, 11) is 1.65. The van der Waals surface area contributed by atoms with Crippen LogP contribution in [0.15, 0.2) is 42.0 Å². The van der Waals surface area contributed by atoms with Crippen LogP contribution < -0.4 is 37.2 Å². The van der Waals surface area contributed by atoms with Gasteiger partial charge >= 0.3 is 6.09 Å². The number of methoxy groups -OCH3 is 1. The van der Waals surface area contributed by atoms with Gasteiger partial charge in [0.15, 0.2) is 0 Å². The summed E-state index contributed by atoms with van der Waals surface area (Å²) in [5.74, 6) is -3.13. The molecule has 19 heteroatoms. The van der Waals surface area contributed by atoms with Crippen molar-refractivity contribution in [2.45, 2.75) is 213 Å². The number of carbonyl (C=O) groups is 7. The molecule has 1 aromatic carbocycles. The molecular weight excluding hydrogens is 999 g/mol. The van der Waals surface area contributed by atoms with Crippen LogP contribution in [0.5, 0.6) is 0 Å². The first-order valence-corrected chi connectivity index (χ1v) is 28.5. The zero-order chi connectivity index (χ0) is 57.8. The number of epoxide rings is 2. The standard InChI is InChI=1S/C59H95N7O12/c1-35(2)19-24-46-58(12,78-46)50-49(75-13)45(25-26-59(50)34-76-59)77-55(74)64-42-22-20-41(21-23-42)63-47(68)31-60-51(70)43(27-36(3)4)66-52(71)44(28-40-17-15-14-16-18-40)65-48(69)32-62-54(73)57(11,38(7)8)33-56(10,29-37(5)6)53(72)61-30-39(9)67/h14-19,36-39,41-46,49-50,67H,20-34H2,1-13H3,(H,60,70)(H,61,72)(H,62,73)(H,63,68)(H,64,74)(H,65,69)(H,66,71)/t39?,41?,42?,43-,44-,45?,46+,49?,50?,56?,57?,58?,59-/m0/s1. The molecule has 2 saturated heterocycles. The first kappa shape index (κ1) is 63.7. The Morgan fingerprint density at radius 1 is 0.795 bits per heavy atom. The van der Waals surface area contributed by atoms with Crippen LogP contribution in [0.3, 0.4) is 0 Å². The lowest BCUT2D eigenvalue weighted by Crippen LogP contribution is -2.57. The monoisotopic (exact) mass is 1090 g/mol. The first-order valence-electron chi connectivity index (χ1n) is 28.5. The molecule has 8 N–H and O–H groups in total. The molecule has 5 rings (SSSR count). The zero-order valence-corrected chi connectivity index (χ0v) is 48.9. The Labute approximate surface area is 463 Å². The molecule has 2 saturated carbocycles. The number of benzene rings is 1. The van der Waals surface area contributed by atoms with E-state index in [1.165, 1.54) is 5.57 Å². The molecule has 1 spiro atoms. The molecule has 11 atom stereocenters. The highest BCUT2D eigenvalue weighted by Crippen LogP contribution is 2.59. The Balaban J connectivity index is 1.11. The summed E-state index contributed by atoms with van der Waals surface area (Å²) in [5, 5.41) is 29.8. The maximum absolute atomic E-state index is 14.1. The second-order valence-corrected chi connectivity index (χ2v) is 24.9. The Bertz CT molecular complexity index is 2240. The SMILES string of the molecule is COC1C(OC(=O)NC2CCC(NC(=O)CNC(=O)[C@H](CC(C)C)NC(=O)[C@H](Cc3ccccc3)NC(=O)CNC(=O)C(C)(CC(C)(CC(C)C)C(=O)NCC(C)O)C(C)C)CC2)CC[C@]2(CO2)C1C1(C)O[C@@H]1CC=C(C)C. The molecule has 4 fully saturated rings. The number of alkyl carbamates (subject to hydrolysis) is 1. The van der Waals surface area contributed by atoms with Crippen LogP contribution in [0.1, 0.15) is 153 Å². The van der Waals surface area contributed by atoms with Crippen molar-refractivity contribution in [3.8, 4) is 0 Å². The number of hydrogen-bond acceptors (Lipinski definition) is 12. The van der Waals surface area contributed by atoms with E-state index in [0.29, 0.717) is 45.1 Å². The second-order valence-electron chi connectivity index (χ2n) is 24.9. The number of nitrogens with one attached hydrogen (secondary N) is 7. The minimum absolute atomic E-state index is 0.0353. The van der Waals surface area contributed by atoms with Gasteiger partial charge in [0, 0.05) is 43.0 Å². The fourth-order valence-corrected chi connectivity index (χ4v) is 12.0. The molecule has 2 heterocycles. The van der Waals surface area contributed by atoms with E-state index in [2.05, 4.69) is 64.1 Å². The van der Waals surface area contributed by atoms with Crippen molar-refractivity contribution in [3.63, 3.8) is 0 Å². The van der Waals surface area contributed by atoms with Gasteiger partial charge in [0.2, 0.25) is 35.4 Å². The first-order chi connectivity index (χ1) is 36.6. The number of rotatable bonds is 28. The molecule has 0 aromatic heterocycles. The summed E-state index contributed by atoms with van der Waals surface area (Å²) in [6, 6.07) is 6.58. The Morgan fingerprint density at radius 3 is 1.99 bits per heavy atom. The second kappa shape index (κ2) is 27.9. The highest BCUT2D eigenvalue weighted by molar-refractivity contribution is 5.95. The molecule has 4 aliphatic rings. The van der Waals surface area contributed by atoms with Gasteiger partial charge in [0.05, 0.1) is 37.8 Å². The number of carbonyl (C=O) groups excluding carboxylic acids is 7. The van der Waals surface area contributed by atoms with Gasteiger partial charge in [0.1, 0.15) is 35.5 Å². The van der Waals surface area contributed by atoms with E-state index in [4.69, 9.17) is 18.9 Å². The third-order valence-electron chi connectivity index (χ3n) is 16.5. The summed E-state index contributed by atoms with van der Waals surface area (Å²) < 4.78 is 24.5. The van der Waals surface area contributed by atoms with E-state index in [0.717, 1.165) is 18.4 Å². The highest BCUT2D eigenvalue weighted by Gasteiger charge is 2.72. The number of amides is 7. The van der Waals surface area contributed by atoms with E-state index in [-0.39, 0.29) is 85.7 Å². The van der Waals surface area contributed by atoms with Crippen LogP contribution in [0.4, 0.5) is 4.79 Å². The summed E-state index contributed by atoms with van der Waals surface area (Å²) in [6.07, 6.45) is 5.69. The number of ether oxygens (including phenoxy) is 4. The number of allylic oxidation sites excluding steroid dienone is 1. The summed E-state index contributed by atoms with van der Waals surface area (Å²) in [4.78, 5) is 95.8. The van der Waals surface area contributed by atoms with E-state index < -0.39 is 89.0 Å². The molecule has 7 amide bonds. The lowest BCUT2D eigenvalue weighted by molar-refractivity contribution is -0.142. The van der Waals surface area contributed by atoms with Gasteiger partial charge in [-0.3, -0.25) is 28.8 Å². The van der Waals surface area contributed by atoms with Gasteiger partial charge in [-0.15, -0.1) is 0 Å². The quantitative estimate of drug-likeness (QED) is 0.0392. The topological polar surface area (TPSA) is 267 Å². The van der Waals surface area contributed by atoms with E-state index in [9.17, 15) is 38.7 Å². The molecular formula is C59H95N7O12. The van der Waals surface area contributed by atoms with Gasteiger partial charge in [-0.05, 0) is 115 Å². The average Bonchev–Trinajstić information content (AvgIpc) is 4.35. The van der Waals surface area contributed by atoms with Gasteiger partial charge in [-0.25, -0.2) is 4.79 Å². The van der Waals surface area contributed by atoms with Crippen molar-refractivity contribution in [1.82, 2.24) is 37.2 Å². The average molecular weight is 1090 g/mol. The van der Waals surface area contributed by atoms with E-state index in [1.54, 1.807) is 21.0 Å². The Morgan fingerprint density at radius 2 is 1.42 bits per heavy atom. The third-order valence-corrected chi connectivity index (χ3v) is 16.5. The predicted molar refractivity (Wildman–Crippen MR) is 296 cm³/mol. The lowest BCUT2D eigenvalue weighted by Gasteiger charge is -2.42. The maximum atomic E-state index is 14.1. The Kier molecular flexibility index (Phi) is 22.8. The molecule has 7 unspecified atom stereocenters. The maximum Gasteiger partial charge on any atom is 0.407 e. The molecule has 1 aromatic rings. The van der Waals surface area contributed by atoms with Gasteiger partial charge in [-0.1, -0.05) is 97.4 Å². The van der Waals surface area contributed by atoms with Crippen LogP contribution in [0.25, 0.3) is 0 Å².